The standard InChI is InChI=1S/C12H12ClN3O2/c13-8-1-2-11(17)10(5-8)12(18)16-4-3-15-7-9(16)6-14/h1-2,5,9,15,17H,3-4,7H2. The molecule has 1 aliphatic rings. The first kappa shape index (κ1) is 12.7. The van der Waals surface area contributed by atoms with E-state index in [1.807, 2.05) is 0 Å². The summed E-state index contributed by atoms with van der Waals surface area (Å²) in [6, 6.07) is 5.84. The molecule has 1 aliphatic heterocycles. The highest BCUT2D eigenvalue weighted by atomic mass is 35.5. The second-order valence-corrected chi connectivity index (χ2v) is 4.45. The number of rotatable bonds is 1. The van der Waals surface area contributed by atoms with Crippen molar-refractivity contribution < 1.29 is 9.90 Å². The molecule has 1 aromatic rings. The molecule has 0 radical (unpaired) electrons. The first-order valence-corrected chi connectivity index (χ1v) is 5.91. The van der Waals surface area contributed by atoms with Crippen molar-refractivity contribution in [2.75, 3.05) is 19.6 Å². The molecule has 1 aromatic carbocycles. The zero-order chi connectivity index (χ0) is 13.1. The van der Waals surface area contributed by atoms with Gasteiger partial charge >= 0.3 is 0 Å². The van der Waals surface area contributed by atoms with Gasteiger partial charge in [-0.1, -0.05) is 11.6 Å². The third-order valence-electron chi connectivity index (χ3n) is 2.84. The number of hydrogen-bond acceptors (Lipinski definition) is 4. The SMILES string of the molecule is N#CC1CNCCN1C(=O)c1cc(Cl)ccc1O. The fourth-order valence-electron chi connectivity index (χ4n) is 1.90. The number of phenolic OH excluding ortho intramolecular Hbond substituents is 1. The fraction of sp³-hybridized carbons (Fsp3) is 0.333. The minimum Gasteiger partial charge on any atom is -0.507 e. The van der Waals surface area contributed by atoms with Gasteiger partial charge in [-0.2, -0.15) is 5.26 Å². The van der Waals surface area contributed by atoms with Crippen molar-refractivity contribution in [1.82, 2.24) is 10.2 Å². The van der Waals surface area contributed by atoms with Crippen molar-refractivity contribution in [1.29, 1.82) is 5.26 Å². The van der Waals surface area contributed by atoms with Crippen LogP contribution in [0, 0.1) is 11.3 Å². The van der Waals surface area contributed by atoms with E-state index in [-0.39, 0.29) is 17.2 Å². The Kier molecular flexibility index (Phi) is 3.70. The van der Waals surface area contributed by atoms with Crippen molar-refractivity contribution in [2.45, 2.75) is 6.04 Å². The monoisotopic (exact) mass is 265 g/mol. The van der Waals surface area contributed by atoms with E-state index in [2.05, 4.69) is 11.4 Å². The normalized spacial score (nSPS) is 19.3. The van der Waals surface area contributed by atoms with E-state index >= 15 is 0 Å². The number of hydrogen-bond donors (Lipinski definition) is 2. The quantitative estimate of drug-likeness (QED) is 0.794. The number of nitrogens with one attached hydrogen (secondary N) is 1. The van der Waals surface area contributed by atoms with Gasteiger partial charge in [0.05, 0.1) is 11.6 Å². The Balaban J connectivity index is 2.30. The van der Waals surface area contributed by atoms with Crippen LogP contribution in [-0.2, 0) is 0 Å². The fourth-order valence-corrected chi connectivity index (χ4v) is 2.07. The second kappa shape index (κ2) is 5.25. The molecule has 0 saturated carbocycles. The number of carbonyl (C=O) groups excluding carboxylic acids is 1. The Bertz CT molecular complexity index is 513. The molecule has 1 unspecified atom stereocenters. The summed E-state index contributed by atoms with van der Waals surface area (Å²) in [6.45, 7) is 1.50. The average molecular weight is 266 g/mol. The van der Waals surface area contributed by atoms with Gasteiger partial charge in [-0.15, -0.1) is 0 Å². The molecule has 1 saturated heterocycles. The Morgan fingerprint density at radius 3 is 3.11 bits per heavy atom. The highest BCUT2D eigenvalue weighted by Gasteiger charge is 2.28. The maximum absolute atomic E-state index is 12.3. The van der Waals surface area contributed by atoms with Crippen LogP contribution in [0.15, 0.2) is 18.2 Å². The average Bonchev–Trinajstić information content (AvgIpc) is 2.40. The molecule has 0 aromatic heterocycles. The Morgan fingerprint density at radius 1 is 1.61 bits per heavy atom. The first-order valence-electron chi connectivity index (χ1n) is 5.53. The minimum atomic E-state index is -0.523. The summed E-state index contributed by atoms with van der Waals surface area (Å²) >= 11 is 5.81. The maximum atomic E-state index is 12.3. The number of piperazine rings is 1. The van der Waals surface area contributed by atoms with Gasteiger partial charge in [0, 0.05) is 24.7 Å². The lowest BCUT2D eigenvalue weighted by Crippen LogP contribution is -2.53. The molecule has 5 nitrogen and oxygen atoms in total. The van der Waals surface area contributed by atoms with E-state index in [1.54, 1.807) is 0 Å². The lowest BCUT2D eigenvalue weighted by Gasteiger charge is -2.32. The van der Waals surface area contributed by atoms with Gasteiger partial charge in [-0.3, -0.25) is 4.79 Å². The molecule has 1 heterocycles. The molecule has 0 spiro atoms. The van der Waals surface area contributed by atoms with E-state index < -0.39 is 6.04 Å². The molecule has 6 heteroatoms. The minimum absolute atomic E-state index is 0.125. The first-order chi connectivity index (χ1) is 8.63. The van der Waals surface area contributed by atoms with Crippen LogP contribution in [0.5, 0.6) is 5.75 Å². The van der Waals surface area contributed by atoms with E-state index in [0.29, 0.717) is 24.7 Å². The molecule has 2 rings (SSSR count). The molecule has 2 N–H and O–H groups in total. The van der Waals surface area contributed by atoms with Crippen molar-refractivity contribution in [2.24, 2.45) is 0 Å². The zero-order valence-corrected chi connectivity index (χ0v) is 10.3. The zero-order valence-electron chi connectivity index (χ0n) is 9.56. The lowest BCUT2D eigenvalue weighted by atomic mass is 10.1. The smallest absolute Gasteiger partial charge is 0.258 e. The topological polar surface area (TPSA) is 76.4 Å². The molecule has 94 valence electrons. The largest absolute Gasteiger partial charge is 0.507 e. The summed E-state index contributed by atoms with van der Waals surface area (Å²) in [5.41, 5.74) is 0.129. The predicted octanol–water partition coefficient (Wildman–Crippen LogP) is 0.983. The second-order valence-electron chi connectivity index (χ2n) is 4.01. The molecule has 1 atom stereocenters. The van der Waals surface area contributed by atoms with Crippen LogP contribution in [0.25, 0.3) is 0 Å². The van der Waals surface area contributed by atoms with E-state index in [9.17, 15) is 9.90 Å². The van der Waals surface area contributed by atoms with Gasteiger partial charge < -0.3 is 15.3 Å². The Labute approximate surface area is 110 Å². The summed E-state index contributed by atoms with van der Waals surface area (Å²) in [5, 5.41) is 22.1. The van der Waals surface area contributed by atoms with Crippen molar-refractivity contribution >= 4 is 17.5 Å². The summed E-state index contributed by atoms with van der Waals surface area (Å²) in [7, 11) is 0. The van der Waals surface area contributed by atoms with Gasteiger partial charge in [-0.05, 0) is 18.2 Å². The predicted molar refractivity (Wildman–Crippen MR) is 66.4 cm³/mol. The van der Waals surface area contributed by atoms with Crippen LogP contribution in [0.2, 0.25) is 5.02 Å². The number of benzene rings is 1. The summed E-state index contributed by atoms with van der Waals surface area (Å²) in [6.07, 6.45) is 0. The van der Waals surface area contributed by atoms with Gasteiger partial charge in [0.1, 0.15) is 11.8 Å². The van der Waals surface area contributed by atoms with Crippen LogP contribution in [0.1, 0.15) is 10.4 Å². The number of phenols is 1. The summed E-state index contributed by atoms with van der Waals surface area (Å²) in [5.74, 6) is -0.498. The molecule has 1 fully saturated rings. The van der Waals surface area contributed by atoms with Crippen molar-refractivity contribution in [3.63, 3.8) is 0 Å². The molecular formula is C12H12ClN3O2. The number of aromatic hydroxyl groups is 1. The molecular weight excluding hydrogens is 254 g/mol. The molecule has 1 amide bonds. The highest BCUT2D eigenvalue weighted by molar-refractivity contribution is 6.31. The number of nitrogens with zero attached hydrogens (tertiary/aromatic N) is 2. The van der Waals surface area contributed by atoms with E-state index in [4.69, 9.17) is 16.9 Å². The summed E-state index contributed by atoms with van der Waals surface area (Å²) < 4.78 is 0. The third-order valence-corrected chi connectivity index (χ3v) is 3.08. The van der Waals surface area contributed by atoms with Gasteiger partial charge in [0.15, 0.2) is 0 Å². The molecule has 0 bridgehead atoms. The van der Waals surface area contributed by atoms with Crippen LogP contribution in [0.3, 0.4) is 0 Å². The van der Waals surface area contributed by atoms with Crippen LogP contribution >= 0.6 is 11.6 Å². The maximum Gasteiger partial charge on any atom is 0.258 e. The number of nitriles is 1. The van der Waals surface area contributed by atoms with E-state index in [1.165, 1.54) is 23.1 Å². The van der Waals surface area contributed by atoms with Crippen LogP contribution < -0.4 is 5.32 Å². The number of halogens is 1. The Morgan fingerprint density at radius 2 is 2.39 bits per heavy atom. The van der Waals surface area contributed by atoms with Gasteiger partial charge in [0.2, 0.25) is 0 Å². The number of carbonyl (C=O) groups is 1. The number of amides is 1. The van der Waals surface area contributed by atoms with E-state index in [0.717, 1.165) is 0 Å². The third kappa shape index (κ3) is 2.40. The van der Waals surface area contributed by atoms with Gasteiger partial charge in [-0.25, -0.2) is 0 Å². The lowest BCUT2D eigenvalue weighted by molar-refractivity contribution is 0.0684. The summed E-state index contributed by atoms with van der Waals surface area (Å²) in [4.78, 5) is 13.7. The van der Waals surface area contributed by atoms with Crippen LogP contribution in [0.4, 0.5) is 0 Å². The molecule has 18 heavy (non-hydrogen) atoms. The molecule has 0 aliphatic carbocycles. The van der Waals surface area contributed by atoms with Crippen molar-refractivity contribution in [3.05, 3.63) is 28.8 Å². The van der Waals surface area contributed by atoms with Crippen molar-refractivity contribution in [3.8, 4) is 11.8 Å². The highest BCUT2D eigenvalue weighted by Crippen LogP contribution is 2.23. The van der Waals surface area contributed by atoms with Gasteiger partial charge in [0.25, 0.3) is 5.91 Å². The van der Waals surface area contributed by atoms with Crippen LogP contribution in [-0.4, -0.2) is 41.6 Å². The Hall–Kier alpha value is -1.77.